The summed E-state index contributed by atoms with van der Waals surface area (Å²) in [6.45, 7) is 3.26. The molecule has 90 valence electrons. The van der Waals surface area contributed by atoms with E-state index in [0.29, 0.717) is 19.0 Å². The van der Waals surface area contributed by atoms with Gasteiger partial charge in [-0.2, -0.15) is 4.98 Å². The van der Waals surface area contributed by atoms with E-state index in [1.54, 1.807) is 0 Å². The molecule has 0 atom stereocenters. The highest BCUT2D eigenvalue weighted by Crippen LogP contribution is 2.20. The molecule has 0 bridgehead atoms. The fraction of sp³-hybridized carbons (Fsp3) is 0.545. The zero-order valence-electron chi connectivity index (χ0n) is 9.26. The highest BCUT2D eigenvalue weighted by molar-refractivity contribution is 5.85. The quantitative estimate of drug-likeness (QED) is 0.870. The Kier molecular flexibility index (Phi) is 5.35. The van der Waals surface area contributed by atoms with Crippen LogP contribution in [0.3, 0.4) is 0 Å². The number of anilines is 1. The first-order chi connectivity index (χ1) is 7.40. The molecule has 0 spiro atoms. The van der Waals surface area contributed by atoms with Crippen LogP contribution in [0.2, 0.25) is 0 Å². The van der Waals surface area contributed by atoms with Gasteiger partial charge in [-0.3, -0.25) is 0 Å². The Morgan fingerprint density at radius 1 is 1.31 bits per heavy atom. The Morgan fingerprint density at radius 3 is 2.75 bits per heavy atom. The molecule has 2 N–H and O–H groups in total. The van der Waals surface area contributed by atoms with Crippen LogP contribution in [-0.2, 0) is 0 Å². The van der Waals surface area contributed by atoms with Crippen molar-refractivity contribution in [3.63, 3.8) is 0 Å². The molecular formula is C11H18ClN3O. The molecular weight excluding hydrogens is 226 g/mol. The van der Waals surface area contributed by atoms with Crippen molar-refractivity contribution in [3.8, 4) is 5.88 Å². The van der Waals surface area contributed by atoms with Crippen LogP contribution in [0.15, 0.2) is 18.2 Å². The van der Waals surface area contributed by atoms with Gasteiger partial charge in [0.25, 0.3) is 0 Å². The summed E-state index contributed by atoms with van der Waals surface area (Å²) in [5.74, 6) is 1.69. The molecule has 4 nitrogen and oxygen atoms in total. The van der Waals surface area contributed by atoms with Crippen LogP contribution in [0.5, 0.6) is 5.88 Å². The van der Waals surface area contributed by atoms with Gasteiger partial charge in [-0.05, 0) is 18.9 Å². The largest absolute Gasteiger partial charge is 0.476 e. The Hall–Kier alpha value is -1.00. The van der Waals surface area contributed by atoms with Crippen LogP contribution >= 0.6 is 12.4 Å². The Labute approximate surface area is 102 Å². The van der Waals surface area contributed by atoms with Gasteiger partial charge >= 0.3 is 0 Å². The highest BCUT2D eigenvalue weighted by atomic mass is 35.5. The van der Waals surface area contributed by atoms with Crippen molar-refractivity contribution in [1.82, 2.24) is 4.98 Å². The fourth-order valence-corrected chi connectivity index (χ4v) is 1.77. The number of ether oxygens (including phenoxy) is 1. The lowest BCUT2D eigenvalue weighted by molar-refractivity contribution is 0.316. The second-order valence-corrected chi connectivity index (χ2v) is 3.67. The van der Waals surface area contributed by atoms with E-state index in [1.807, 2.05) is 18.2 Å². The van der Waals surface area contributed by atoms with Crippen molar-refractivity contribution < 1.29 is 4.74 Å². The van der Waals surface area contributed by atoms with Gasteiger partial charge in [-0.15, -0.1) is 12.4 Å². The van der Waals surface area contributed by atoms with Gasteiger partial charge in [0, 0.05) is 25.7 Å². The van der Waals surface area contributed by atoms with Gasteiger partial charge in [0.05, 0.1) is 0 Å². The number of hydrogen-bond acceptors (Lipinski definition) is 4. The number of nitrogens with zero attached hydrogens (tertiary/aromatic N) is 2. The number of pyridine rings is 1. The molecule has 0 unspecified atom stereocenters. The maximum Gasteiger partial charge on any atom is 0.215 e. The minimum absolute atomic E-state index is 0. The van der Waals surface area contributed by atoms with E-state index in [9.17, 15) is 0 Å². The summed E-state index contributed by atoms with van der Waals surface area (Å²) < 4.78 is 5.39. The molecule has 2 rings (SSSR count). The number of aromatic nitrogens is 1. The Bertz CT molecular complexity index is 316. The van der Waals surface area contributed by atoms with Gasteiger partial charge in [-0.25, -0.2) is 0 Å². The normalized spacial score (nSPS) is 14.7. The molecule has 0 amide bonds. The monoisotopic (exact) mass is 243 g/mol. The molecule has 1 aliphatic rings. The van der Waals surface area contributed by atoms with Gasteiger partial charge in [0.1, 0.15) is 12.4 Å². The molecule has 0 aliphatic carbocycles. The summed E-state index contributed by atoms with van der Waals surface area (Å²) in [5.41, 5.74) is 5.37. The highest BCUT2D eigenvalue weighted by Gasteiger charge is 2.13. The maximum absolute atomic E-state index is 5.39. The standard InChI is InChI=1S/C11H17N3O.ClH/c12-6-9-15-11-5-3-4-10(13-11)14-7-1-2-8-14;/h3-5H,1-2,6-9,12H2;1H. The minimum atomic E-state index is 0. The van der Waals surface area contributed by atoms with E-state index < -0.39 is 0 Å². The van der Waals surface area contributed by atoms with Crippen molar-refractivity contribution >= 4 is 18.2 Å². The molecule has 1 aromatic rings. The first kappa shape index (κ1) is 13.1. The third-order valence-electron chi connectivity index (χ3n) is 2.51. The lowest BCUT2D eigenvalue weighted by atomic mass is 10.4. The third kappa shape index (κ3) is 3.25. The molecule has 2 heterocycles. The van der Waals surface area contributed by atoms with Gasteiger partial charge < -0.3 is 15.4 Å². The molecule has 5 heteroatoms. The fourth-order valence-electron chi connectivity index (χ4n) is 1.77. The van der Waals surface area contributed by atoms with Gasteiger partial charge in [-0.1, -0.05) is 6.07 Å². The van der Waals surface area contributed by atoms with Crippen LogP contribution in [0.1, 0.15) is 12.8 Å². The summed E-state index contributed by atoms with van der Waals surface area (Å²) in [6, 6.07) is 5.88. The molecule has 0 aromatic carbocycles. The number of halogens is 1. The van der Waals surface area contributed by atoms with Gasteiger partial charge in [0.15, 0.2) is 0 Å². The zero-order chi connectivity index (χ0) is 10.5. The lowest BCUT2D eigenvalue weighted by Crippen LogP contribution is -2.19. The summed E-state index contributed by atoms with van der Waals surface area (Å²) >= 11 is 0. The predicted octanol–water partition coefficient (Wildman–Crippen LogP) is 1.44. The predicted molar refractivity (Wildman–Crippen MR) is 67.5 cm³/mol. The number of hydrogen-bond donors (Lipinski definition) is 1. The van der Waals surface area contributed by atoms with Crippen molar-refractivity contribution in [3.05, 3.63) is 18.2 Å². The smallest absolute Gasteiger partial charge is 0.215 e. The Morgan fingerprint density at radius 2 is 2.06 bits per heavy atom. The molecule has 0 radical (unpaired) electrons. The zero-order valence-corrected chi connectivity index (χ0v) is 10.1. The summed E-state index contributed by atoms with van der Waals surface area (Å²) in [7, 11) is 0. The van der Waals surface area contributed by atoms with Crippen molar-refractivity contribution in [2.45, 2.75) is 12.8 Å². The first-order valence-electron chi connectivity index (χ1n) is 5.45. The molecule has 16 heavy (non-hydrogen) atoms. The first-order valence-corrected chi connectivity index (χ1v) is 5.45. The summed E-state index contributed by atoms with van der Waals surface area (Å²) in [6.07, 6.45) is 2.52. The van der Waals surface area contributed by atoms with Crippen molar-refractivity contribution in [2.24, 2.45) is 5.73 Å². The minimum Gasteiger partial charge on any atom is -0.476 e. The van der Waals surface area contributed by atoms with E-state index in [4.69, 9.17) is 10.5 Å². The van der Waals surface area contributed by atoms with Crippen LogP contribution in [0.25, 0.3) is 0 Å². The topological polar surface area (TPSA) is 51.4 Å². The SMILES string of the molecule is Cl.NCCOc1cccc(N2CCCC2)n1. The molecule has 1 aromatic heterocycles. The van der Waals surface area contributed by atoms with E-state index in [-0.39, 0.29) is 12.4 Å². The molecule has 1 saturated heterocycles. The van der Waals surface area contributed by atoms with Crippen molar-refractivity contribution in [2.75, 3.05) is 31.1 Å². The summed E-state index contributed by atoms with van der Waals surface area (Å²) in [5, 5.41) is 0. The van der Waals surface area contributed by atoms with E-state index in [0.717, 1.165) is 18.9 Å². The van der Waals surface area contributed by atoms with Gasteiger partial charge in [0.2, 0.25) is 5.88 Å². The maximum atomic E-state index is 5.39. The lowest BCUT2D eigenvalue weighted by Gasteiger charge is -2.16. The average molecular weight is 244 g/mol. The summed E-state index contributed by atoms with van der Waals surface area (Å²) in [4.78, 5) is 6.73. The van der Waals surface area contributed by atoms with E-state index in [1.165, 1.54) is 12.8 Å². The van der Waals surface area contributed by atoms with Crippen LogP contribution in [-0.4, -0.2) is 31.2 Å². The molecule has 1 aliphatic heterocycles. The van der Waals surface area contributed by atoms with E-state index >= 15 is 0 Å². The van der Waals surface area contributed by atoms with E-state index in [2.05, 4.69) is 9.88 Å². The molecule has 0 saturated carbocycles. The number of nitrogens with two attached hydrogens (primary N) is 1. The van der Waals surface area contributed by atoms with Crippen LogP contribution in [0, 0.1) is 0 Å². The number of rotatable bonds is 4. The second-order valence-electron chi connectivity index (χ2n) is 3.67. The Balaban J connectivity index is 0.00000128. The van der Waals surface area contributed by atoms with Crippen LogP contribution < -0.4 is 15.4 Å². The average Bonchev–Trinajstić information content (AvgIpc) is 2.80. The molecule has 1 fully saturated rings. The van der Waals surface area contributed by atoms with Crippen LogP contribution in [0.4, 0.5) is 5.82 Å². The third-order valence-corrected chi connectivity index (χ3v) is 2.51. The van der Waals surface area contributed by atoms with Crippen molar-refractivity contribution in [1.29, 1.82) is 0 Å². The second kappa shape index (κ2) is 6.55.